The Labute approximate surface area is 113 Å². The zero-order valence-corrected chi connectivity index (χ0v) is 11.5. The van der Waals surface area contributed by atoms with Crippen molar-refractivity contribution in [2.75, 3.05) is 11.4 Å². The minimum Gasteiger partial charge on any atom is -0.321 e. The zero-order valence-electron chi connectivity index (χ0n) is 11.5. The van der Waals surface area contributed by atoms with Crippen LogP contribution >= 0.6 is 0 Å². The van der Waals surface area contributed by atoms with Crippen LogP contribution < -0.4 is 4.90 Å². The minimum atomic E-state index is -0.167. The van der Waals surface area contributed by atoms with Crippen molar-refractivity contribution in [1.29, 1.82) is 0 Å². The van der Waals surface area contributed by atoms with Gasteiger partial charge in [-0.1, -0.05) is 25.1 Å². The van der Waals surface area contributed by atoms with Crippen molar-refractivity contribution in [3.63, 3.8) is 0 Å². The average molecular weight is 258 g/mol. The third kappa shape index (κ3) is 1.46. The molecule has 100 valence electrons. The molecule has 1 aromatic rings. The van der Waals surface area contributed by atoms with Gasteiger partial charge < -0.3 is 4.90 Å². The highest BCUT2D eigenvalue weighted by atomic mass is 16.2. The lowest BCUT2D eigenvalue weighted by molar-refractivity contribution is -0.130. The number of likely N-dealkylation sites (tertiary alicyclic amines) is 1. The Bertz CT molecular complexity index is 569. The van der Waals surface area contributed by atoms with Gasteiger partial charge in [0.2, 0.25) is 11.8 Å². The van der Waals surface area contributed by atoms with Crippen LogP contribution in [0.5, 0.6) is 0 Å². The fraction of sp³-hybridized carbons (Fsp3) is 0.467. The molecule has 0 radical (unpaired) electrons. The summed E-state index contributed by atoms with van der Waals surface area (Å²) in [5.41, 5.74) is 1.99. The number of carbonyl (C=O) groups excluding carboxylic acids is 2. The molecule has 0 spiro atoms. The Morgan fingerprint density at radius 3 is 2.53 bits per heavy atom. The highest BCUT2D eigenvalue weighted by Gasteiger charge is 2.56. The molecule has 0 bridgehead atoms. The SMILES string of the molecule is CC(=O)N1CC[C@@]2(C)c3ccccc3N(C(C)=O)[C@@H]12. The Morgan fingerprint density at radius 2 is 1.89 bits per heavy atom. The first-order chi connectivity index (χ1) is 8.97. The maximum atomic E-state index is 12.0. The van der Waals surface area contributed by atoms with Gasteiger partial charge in [-0.2, -0.15) is 0 Å². The highest BCUT2D eigenvalue weighted by Crippen LogP contribution is 2.51. The van der Waals surface area contributed by atoms with E-state index in [9.17, 15) is 9.59 Å². The van der Waals surface area contributed by atoms with E-state index in [0.29, 0.717) is 6.54 Å². The lowest BCUT2D eigenvalue weighted by atomic mass is 9.81. The first-order valence-electron chi connectivity index (χ1n) is 6.63. The molecule has 2 heterocycles. The van der Waals surface area contributed by atoms with E-state index in [1.807, 2.05) is 23.1 Å². The number of amides is 2. The Hall–Kier alpha value is -1.84. The predicted molar refractivity (Wildman–Crippen MR) is 72.7 cm³/mol. The van der Waals surface area contributed by atoms with Crippen molar-refractivity contribution in [1.82, 2.24) is 4.90 Å². The van der Waals surface area contributed by atoms with E-state index in [1.165, 1.54) is 5.56 Å². The Kier molecular flexibility index (Phi) is 2.46. The molecule has 0 N–H and O–H groups in total. The van der Waals surface area contributed by atoms with Gasteiger partial charge >= 0.3 is 0 Å². The monoisotopic (exact) mass is 258 g/mol. The van der Waals surface area contributed by atoms with Gasteiger partial charge in [0, 0.05) is 31.5 Å². The minimum absolute atomic E-state index is 0.00525. The molecule has 1 saturated heterocycles. The maximum absolute atomic E-state index is 12.0. The lowest BCUT2D eigenvalue weighted by Crippen LogP contribution is -2.52. The molecule has 4 heteroatoms. The number of rotatable bonds is 0. The summed E-state index contributed by atoms with van der Waals surface area (Å²) in [5.74, 6) is 0.0297. The van der Waals surface area contributed by atoms with E-state index in [2.05, 4.69) is 13.0 Å². The number of benzene rings is 1. The van der Waals surface area contributed by atoms with Crippen LogP contribution in [0.4, 0.5) is 5.69 Å². The van der Waals surface area contributed by atoms with E-state index in [1.54, 1.807) is 18.7 Å². The summed E-state index contributed by atoms with van der Waals surface area (Å²) >= 11 is 0. The summed E-state index contributed by atoms with van der Waals surface area (Å²) in [6, 6.07) is 7.99. The smallest absolute Gasteiger partial charge is 0.225 e. The summed E-state index contributed by atoms with van der Waals surface area (Å²) in [6.07, 6.45) is 0.734. The van der Waals surface area contributed by atoms with Gasteiger partial charge in [-0.15, -0.1) is 0 Å². The topological polar surface area (TPSA) is 40.6 Å². The van der Waals surface area contributed by atoms with E-state index in [-0.39, 0.29) is 23.4 Å². The van der Waals surface area contributed by atoms with Crippen molar-refractivity contribution in [2.24, 2.45) is 0 Å². The number of anilines is 1. The Balaban J connectivity index is 2.19. The van der Waals surface area contributed by atoms with Gasteiger partial charge in [0.15, 0.2) is 0 Å². The predicted octanol–water partition coefficient (Wildman–Crippen LogP) is 1.89. The van der Waals surface area contributed by atoms with E-state index >= 15 is 0 Å². The van der Waals surface area contributed by atoms with E-state index in [4.69, 9.17) is 0 Å². The molecule has 2 aliphatic rings. The quantitative estimate of drug-likeness (QED) is 0.713. The molecule has 0 aromatic heterocycles. The number of hydrogen-bond donors (Lipinski definition) is 0. The average Bonchev–Trinajstić information content (AvgIpc) is 2.80. The summed E-state index contributed by atoms with van der Waals surface area (Å²) < 4.78 is 0. The molecule has 1 aromatic carbocycles. The number of nitrogens with zero attached hydrogens (tertiary/aromatic N) is 2. The molecule has 19 heavy (non-hydrogen) atoms. The van der Waals surface area contributed by atoms with Crippen LogP contribution in [-0.2, 0) is 15.0 Å². The fourth-order valence-corrected chi connectivity index (χ4v) is 3.62. The van der Waals surface area contributed by atoms with Crippen LogP contribution in [0, 0.1) is 0 Å². The van der Waals surface area contributed by atoms with Crippen molar-refractivity contribution in [3.05, 3.63) is 29.8 Å². The van der Waals surface area contributed by atoms with Crippen LogP contribution in [0.15, 0.2) is 24.3 Å². The summed E-state index contributed by atoms with van der Waals surface area (Å²) in [7, 11) is 0. The van der Waals surface area contributed by atoms with Crippen molar-refractivity contribution >= 4 is 17.5 Å². The lowest BCUT2D eigenvalue weighted by Gasteiger charge is -2.34. The van der Waals surface area contributed by atoms with Gasteiger partial charge in [-0.25, -0.2) is 0 Å². The van der Waals surface area contributed by atoms with Crippen molar-refractivity contribution in [2.45, 2.75) is 38.8 Å². The number of carbonyl (C=O) groups is 2. The summed E-state index contributed by atoms with van der Waals surface area (Å²) in [6.45, 7) is 6.02. The molecular formula is C15H18N2O2. The molecule has 0 unspecified atom stereocenters. The van der Waals surface area contributed by atoms with Crippen LogP contribution in [0.25, 0.3) is 0 Å². The molecule has 3 rings (SSSR count). The molecule has 2 atom stereocenters. The molecule has 2 aliphatic heterocycles. The molecule has 1 fully saturated rings. The molecule has 0 aliphatic carbocycles. The second-order valence-corrected chi connectivity index (χ2v) is 5.66. The molecule has 0 saturated carbocycles. The summed E-state index contributed by atoms with van der Waals surface area (Å²) in [4.78, 5) is 27.5. The highest BCUT2D eigenvalue weighted by molar-refractivity contribution is 5.96. The van der Waals surface area contributed by atoms with Crippen molar-refractivity contribution in [3.8, 4) is 0 Å². The van der Waals surface area contributed by atoms with Crippen molar-refractivity contribution < 1.29 is 9.59 Å². The van der Waals surface area contributed by atoms with Crippen LogP contribution in [0.1, 0.15) is 32.8 Å². The standard InChI is InChI=1S/C15H18N2O2/c1-10(18)16-9-8-15(3)12-6-4-5-7-13(12)17(11(2)19)14(15)16/h4-7,14H,8-9H2,1-3H3/t14-,15+/m1/s1. The van der Waals surface area contributed by atoms with Gasteiger partial charge in [0.1, 0.15) is 6.17 Å². The van der Waals surface area contributed by atoms with E-state index in [0.717, 1.165) is 12.1 Å². The first-order valence-corrected chi connectivity index (χ1v) is 6.63. The Morgan fingerprint density at radius 1 is 1.21 bits per heavy atom. The number of para-hydroxylation sites is 1. The van der Waals surface area contributed by atoms with Gasteiger partial charge in [-0.05, 0) is 18.1 Å². The second-order valence-electron chi connectivity index (χ2n) is 5.66. The molecule has 4 nitrogen and oxygen atoms in total. The first kappa shape index (κ1) is 12.2. The second kappa shape index (κ2) is 3.83. The normalized spacial score (nSPS) is 28.3. The third-order valence-electron chi connectivity index (χ3n) is 4.50. The largest absolute Gasteiger partial charge is 0.321 e. The zero-order chi connectivity index (χ0) is 13.8. The summed E-state index contributed by atoms with van der Waals surface area (Å²) in [5, 5.41) is 0. The van der Waals surface area contributed by atoms with Crippen LogP contribution in [0.2, 0.25) is 0 Å². The van der Waals surface area contributed by atoms with Gasteiger partial charge in [-0.3, -0.25) is 14.5 Å². The number of hydrogen-bond acceptors (Lipinski definition) is 2. The third-order valence-corrected chi connectivity index (χ3v) is 4.50. The van der Waals surface area contributed by atoms with E-state index < -0.39 is 0 Å². The van der Waals surface area contributed by atoms with Gasteiger partial charge in [0.05, 0.1) is 0 Å². The molecule has 2 amide bonds. The molecular weight excluding hydrogens is 240 g/mol. The van der Waals surface area contributed by atoms with Gasteiger partial charge in [0.25, 0.3) is 0 Å². The van der Waals surface area contributed by atoms with Crippen LogP contribution in [-0.4, -0.2) is 29.4 Å². The fourth-order valence-electron chi connectivity index (χ4n) is 3.62. The number of fused-ring (bicyclic) bond motifs is 3. The van der Waals surface area contributed by atoms with Crippen LogP contribution in [0.3, 0.4) is 0 Å². The maximum Gasteiger partial charge on any atom is 0.225 e.